The molecular formula is C13H15ClN4O2S. The van der Waals surface area contributed by atoms with Crippen LogP contribution in [0, 0.1) is 0 Å². The minimum absolute atomic E-state index is 0.0166. The first-order valence-electron chi connectivity index (χ1n) is 6.67. The molecule has 2 aromatic heterocycles. The second-order valence-electron chi connectivity index (χ2n) is 5.04. The van der Waals surface area contributed by atoms with E-state index in [0.29, 0.717) is 0 Å². The molecule has 0 saturated heterocycles. The zero-order chi connectivity index (χ0) is 14.9. The molecule has 6 nitrogen and oxygen atoms in total. The van der Waals surface area contributed by atoms with E-state index in [-0.39, 0.29) is 22.0 Å². The summed E-state index contributed by atoms with van der Waals surface area (Å²) in [6.45, 7) is 0. The van der Waals surface area contributed by atoms with Crippen LogP contribution < -0.4 is 4.72 Å². The van der Waals surface area contributed by atoms with E-state index in [1.807, 2.05) is 10.8 Å². The minimum Gasteiger partial charge on any atom is -0.333 e. The summed E-state index contributed by atoms with van der Waals surface area (Å²) < 4.78 is 29.6. The van der Waals surface area contributed by atoms with Crippen LogP contribution in [0.5, 0.6) is 0 Å². The number of nitrogens with zero attached hydrogens (tertiary/aromatic N) is 3. The number of aromatic nitrogens is 3. The predicted molar refractivity (Wildman–Crippen MR) is 78.5 cm³/mol. The van der Waals surface area contributed by atoms with Crippen molar-refractivity contribution in [1.82, 2.24) is 19.3 Å². The van der Waals surface area contributed by atoms with Gasteiger partial charge in [-0.2, -0.15) is 0 Å². The van der Waals surface area contributed by atoms with Crippen LogP contribution in [-0.2, 0) is 10.0 Å². The number of pyridine rings is 1. The zero-order valence-electron chi connectivity index (χ0n) is 11.2. The fourth-order valence-corrected chi connectivity index (χ4v) is 4.46. The fourth-order valence-electron chi connectivity index (χ4n) is 2.72. The lowest BCUT2D eigenvalue weighted by atomic mass is 10.2. The molecule has 1 saturated carbocycles. The molecule has 21 heavy (non-hydrogen) atoms. The van der Waals surface area contributed by atoms with Crippen molar-refractivity contribution in [1.29, 1.82) is 0 Å². The largest absolute Gasteiger partial charge is 0.333 e. The maximum Gasteiger partial charge on any atom is 0.243 e. The van der Waals surface area contributed by atoms with Gasteiger partial charge in [0, 0.05) is 30.8 Å². The Labute approximate surface area is 128 Å². The van der Waals surface area contributed by atoms with Gasteiger partial charge in [-0.05, 0) is 25.3 Å². The highest BCUT2D eigenvalue weighted by molar-refractivity contribution is 7.89. The maximum atomic E-state index is 12.5. The summed E-state index contributed by atoms with van der Waals surface area (Å²) in [5.74, 6) is 0. The molecule has 0 aliphatic heterocycles. The van der Waals surface area contributed by atoms with Gasteiger partial charge >= 0.3 is 0 Å². The van der Waals surface area contributed by atoms with Crippen molar-refractivity contribution in [3.05, 3.63) is 42.2 Å². The van der Waals surface area contributed by atoms with E-state index < -0.39 is 10.0 Å². The topological polar surface area (TPSA) is 76.9 Å². The average molecular weight is 327 g/mol. The molecule has 0 spiro atoms. The number of imidazole rings is 1. The van der Waals surface area contributed by atoms with Gasteiger partial charge in [-0.25, -0.2) is 18.1 Å². The standard InChI is InChI=1S/C13H15ClN4O2S/c14-10-4-5-15-8-13(10)21(19,20)17-11-2-1-3-12(11)18-7-6-16-9-18/h4-9,11-12,17H,1-3H2. The van der Waals surface area contributed by atoms with Crippen LogP contribution in [0.3, 0.4) is 0 Å². The lowest BCUT2D eigenvalue weighted by Crippen LogP contribution is -2.38. The molecule has 2 aromatic rings. The molecule has 2 atom stereocenters. The molecule has 1 aliphatic rings. The molecule has 0 amide bonds. The Morgan fingerprint density at radius 2 is 2.14 bits per heavy atom. The van der Waals surface area contributed by atoms with Crippen LogP contribution in [0.15, 0.2) is 42.1 Å². The minimum atomic E-state index is -3.68. The van der Waals surface area contributed by atoms with E-state index in [2.05, 4.69) is 14.7 Å². The average Bonchev–Trinajstić information content (AvgIpc) is 3.09. The van der Waals surface area contributed by atoms with Gasteiger partial charge in [0.05, 0.1) is 17.4 Å². The highest BCUT2D eigenvalue weighted by atomic mass is 35.5. The molecule has 0 aromatic carbocycles. The number of hydrogen-bond donors (Lipinski definition) is 1. The Morgan fingerprint density at radius 1 is 1.29 bits per heavy atom. The van der Waals surface area contributed by atoms with Crippen LogP contribution in [-0.4, -0.2) is 29.0 Å². The highest BCUT2D eigenvalue weighted by Crippen LogP contribution is 2.31. The van der Waals surface area contributed by atoms with E-state index in [1.165, 1.54) is 18.5 Å². The van der Waals surface area contributed by atoms with Crippen LogP contribution in [0.4, 0.5) is 0 Å². The van der Waals surface area contributed by atoms with Gasteiger partial charge in [-0.3, -0.25) is 4.98 Å². The summed E-state index contributed by atoms with van der Waals surface area (Å²) in [4.78, 5) is 7.88. The quantitative estimate of drug-likeness (QED) is 0.932. The molecule has 1 fully saturated rings. The second kappa shape index (κ2) is 5.75. The van der Waals surface area contributed by atoms with Gasteiger partial charge in [0.25, 0.3) is 0 Å². The predicted octanol–water partition coefficient (Wildman–Crippen LogP) is 2.00. The number of nitrogens with one attached hydrogen (secondary N) is 1. The van der Waals surface area contributed by atoms with Gasteiger partial charge in [0.2, 0.25) is 10.0 Å². The molecule has 8 heteroatoms. The molecule has 2 unspecified atom stereocenters. The van der Waals surface area contributed by atoms with Crippen molar-refractivity contribution in [3.8, 4) is 0 Å². The van der Waals surface area contributed by atoms with E-state index in [4.69, 9.17) is 11.6 Å². The monoisotopic (exact) mass is 326 g/mol. The fraction of sp³-hybridized carbons (Fsp3) is 0.385. The molecule has 0 bridgehead atoms. The van der Waals surface area contributed by atoms with Crippen molar-refractivity contribution in [2.45, 2.75) is 36.2 Å². The lowest BCUT2D eigenvalue weighted by Gasteiger charge is -2.22. The number of halogens is 1. The third-order valence-corrected chi connectivity index (χ3v) is 5.68. The summed E-state index contributed by atoms with van der Waals surface area (Å²) >= 11 is 5.96. The summed E-state index contributed by atoms with van der Waals surface area (Å²) in [5, 5.41) is 0.176. The van der Waals surface area contributed by atoms with Crippen molar-refractivity contribution < 1.29 is 8.42 Å². The third-order valence-electron chi connectivity index (χ3n) is 3.72. The first-order chi connectivity index (χ1) is 10.1. The Kier molecular flexibility index (Phi) is 3.97. The van der Waals surface area contributed by atoms with Gasteiger partial charge in [0.1, 0.15) is 4.90 Å². The molecule has 112 valence electrons. The summed E-state index contributed by atoms with van der Waals surface area (Å²) in [6.07, 6.45) is 10.7. The van der Waals surface area contributed by atoms with Crippen molar-refractivity contribution in [2.75, 3.05) is 0 Å². The summed E-state index contributed by atoms with van der Waals surface area (Å²) in [5.41, 5.74) is 0. The second-order valence-corrected chi connectivity index (χ2v) is 7.13. The van der Waals surface area contributed by atoms with Crippen molar-refractivity contribution in [3.63, 3.8) is 0 Å². The normalized spacial score (nSPS) is 22.5. The maximum absolute atomic E-state index is 12.5. The van der Waals surface area contributed by atoms with Gasteiger partial charge in [0.15, 0.2) is 0 Å². The molecule has 1 aliphatic carbocycles. The van der Waals surface area contributed by atoms with E-state index in [1.54, 1.807) is 12.5 Å². The van der Waals surface area contributed by atoms with Crippen molar-refractivity contribution in [2.24, 2.45) is 0 Å². The van der Waals surface area contributed by atoms with Gasteiger partial charge in [-0.15, -0.1) is 0 Å². The summed E-state index contributed by atoms with van der Waals surface area (Å²) in [7, 11) is -3.68. The number of hydrogen-bond acceptors (Lipinski definition) is 4. The highest BCUT2D eigenvalue weighted by Gasteiger charge is 2.32. The Balaban J connectivity index is 1.84. The van der Waals surface area contributed by atoms with Gasteiger partial charge in [-0.1, -0.05) is 11.6 Å². The van der Waals surface area contributed by atoms with E-state index in [0.717, 1.165) is 19.3 Å². The smallest absolute Gasteiger partial charge is 0.243 e. The first-order valence-corrected chi connectivity index (χ1v) is 8.53. The lowest BCUT2D eigenvalue weighted by molar-refractivity contribution is 0.431. The van der Waals surface area contributed by atoms with Crippen LogP contribution in [0.2, 0.25) is 5.02 Å². The summed E-state index contributed by atoms with van der Waals surface area (Å²) in [6, 6.07) is 1.39. The Morgan fingerprint density at radius 3 is 2.86 bits per heavy atom. The van der Waals surface area contributed by atoms with E-state index >= 15 is 0 Å². The Bertz CT molecular complexity index is 718. The molecule has 1 N–H and O–H groups in total. The molecule has 3 rings (SSSR count). The van der Waals surface area contributed by atoms with Crippen LogP contribution in [0.25, 0.3) is 0 Å². The van der Waals surface area contributed by atoms with Crippen LogP contribution in [0.1, 0.15) is 25.3 Å². The number of sulfonamides is 1. The van der Waals surface area contributed by atoms with Gasteiger partial charge < -0.3 is 4.57 Å². The van der Waals surface area contributed by atoms with Crippen LogP contribution >= 0.6 is 11.6 Å². The Hall–Kier alpha value is -1.44. The zero-order valence-corrected chi connectivity index (χ0v) is 12.8. The van der Waals surface area contributed by atoms with E-state index in [9.17, 15) is 8.42 Å². The third kappa shape index (κ3) is 2.95. The molecular weight excluding hydrogens is 312 g/mol. The SMILES string of the molecule is O=S(=O)(NC1CCCC1n1ccnc1)c1cnccc1Cl. The molecule has 2 heterocycles. The molecule has 0 radical (unpaired) electrons. The number of rotatable bonds is 4. The first kappa shape index (κ1) is 14.5. The van der Waals surface area contributed by atoms with Crippen molar-refractivity contribution >= 4 is 21.6 Å².